The van der Waals surface area contributed by atoms with E-state index in [9.17, 15) is 13.5 Å². The summed E-state index contributed by atoms with van der Waals surface area (Å²) in [5.41, 5.74) is 3.63. The number of fused-ring (bicyclic) bond motifs is 1. The molecular weight excluding hydrogens is 466 g/mol. The van der Waals surface area contributed by atoms with Crippen LogP contribution in [-0.4, -0.2) is 20.1 Å². The molecule has 0 amide bonds. The van der Waals surface area contributed by atoms with Crippen LogP contribution in [0.5, 0.6) is 5.75 Å². The van der Waals surface area contributed by atoms with E-state index in [0.29, 0.717) is 28.8 Å². The SMILES string of the molecule is CCc1cc(Br)c(O)c(N=Nc2ccc(S(=O)(=O)N3CCc4ccccc43)cc2)c1. The van der Waals surface area contributed by atoms with Crippen molar-refractivity contribution in [3.8, 4) is 5.75 Å². The van der Waals surface area contributed by atoms with E-state index < -0.39 is 10.0 Å². The Morgan fingerprint density at radius 2 is 1.80 bits per heavy atom. The fourth-order valence-electron chi connectivity index (χ4n) is 3.40. The molecule has 0 atom stereocenters. The molecule has 3 aromatic carbocycles. The second-order valence-corrected chi connectivity index (χ2v) is 9.67. The molecule has 6 nitrogen and oxygen atoms in total. The molecule has 1 aliphatic rings. The van der Waals surface area contributed by atoms with E-state index in [0.717, 1.165) is 23.2 Å². The van der Waals surface area contributed by atoms with Gasteiger partial charge in [-0.1, -0.05) is 25.1 Å². The molecule has 0 spiro atoms. The second kappa shape index (κ2) is 8.20. The Hall–Kier alpha value is -2.71. The van der Waals surface area contributed by atoms with E-state index >= 15 is 0 Å². The van der Waals surface area contributed by atoms with Gasteiger partial charge in [0.1, 0.15) is 5.69 Å². The second-order valence-electron chi connectivity index (χ2n) is 6.95. The molecule has 0 aromatic heterocycles. The molecule has 4 rings (SSSR count). The first-order chi connectivity index (χ1) is 14.4. The zero-order chi connectivity index (χ0) is 21.3. The smallest absolute Gasteiger partial charge is 0.264 e. The molecule has 30 heavy (non-hydrogen) atoms. The average Bonchev–Trinajstić information content (AvgIpc) is 3.20. The predicted molar refractivity (Wildman–Crippen MR) is 120 cm³/mol. The summed E-state index contributed by atoms with van der Waals surface area (Å²) in [4.78, 5) is 0.205. The highest BCUT2D eigenvalue weighted by atomic mass is 79.9. The van der Waals surface area contributed by atoms with Gasteiger partial charge in [0.2, 0.25) is 0 Å². The van der Waals surface area contributed by atoms with Gasteiger partial charge in [-0.2, -0.15) is 5.11 Å². The molecule has 0 fully saturated rings. The van der Waals surface area contributed by atoms with Crippen molar-refractivity contribution < 1.29 is 13.5 Å². The van der Waals surface area contributed by atoms with Gasteiger partial charge < -0.3 is 5.11 Å². The molecule has 3 aromatic rings. The van der Waals surface area contributed by atoms with Crippen LogP contribution in [0.15, 0.2) is 80.3 Å². The summed E-state index contributed by atoms with van der Waals surface area (Å²) in [5, 5.41) is 18.4. The van der Waals surface area contributed by atoms with Gasteiger partial charge >= 0.3 is 0 Å². The van der Waals surface area contributed by atoms with E-state index in [4.69, 9.17) is 0 Å². The van der Waals surface area contributed by atoms with E-state index in [-0.39, 0.29) is 10.6 Å². The number of para-hydroxylation sites is 1. The van der Waals surface area contributed by atoms with Crippen LogP contribution in [-0.2, 0) is 22.9 Å². The number of halogens is 1. The largest absolute Gasteiger partial charge is 0.505 e. The highest BCUT2D eigenvalue weighted by molar-refractivity contribution is 9.10. The molecule has 0 aliphatic carbocycles. The lowest BCUT2D eigenvalue weighted by molar-refractivity contribution is 0.473. The fourth-order valence-corrected chi connectivity index (χ4v) is 5.40. The Bertz CT molecular complexity index is 1220. The van der Waals surface area contributed by atoms with Crippen molar-refractivity contribution in [1.29, 1.82) is 0 Å². The van der Waals surface area contributed by atoms with Crippen molar-refractivity contribution >= 4 is 43.0 Å². The summed E-state index contributed by atoms with van der Waals surface area (Å²) in [7, 11) is -3.64. The summed E-state index contributed by atoms with van der Waals surface area (Å²) in [6.07, 6.45) is 1.51. The van der Waals surface area contributed by atoms with Crippen molar-refractivity contribution in [3.05, 3.63) is 76.3 Å². The number of anilines is 1. The summed E-state index contributed by atoms with van der Waals surface area (Å²) >= 11 is 3.32. The number of phenols is 1. The van der Waals surface area contributed by atoms with Crippen molar-refractivity contribution in [3.63, 3.8) is 0 Å². The summed E-state index contributed by atoms with van der Waals surface area (Å²) in [5.74, 6) is 0.0165. The topological polar surface area (TPSA) is 82.3 Å². The van der Waals surface area contributed by atoms with Gasteiger partial charge in [-0.05, 0) is 82.4 Å². The Labute approximate surface area is 184 Å². The third-order valence-electron chi connectivity index (χ3n) is 5.05. The van der Waals surface area contributed by atoms with Crippen molar-refractivity contribution in [2.45, 2.75) is 24.7 Å². The molecule has 0 saturated heterocycles. The van der Waals surface area contributed by atoms with E-state index in [1.165, 1.54) is 16.4 Å². The third-order valence-corrected chi connectivity index (χ3v) is 7.49. The molecule has 1 N–H and O–H groups in total. The van der Waals surface area contributed by atoms with Crippen LogP contribution in [0.4, 0.5) is 17.1 Å². The highest BCUT2D eigenvalue weighted by Crippen LogP contribution is 2.37. The van der Waals surface area contributed by atoms with Crippen LogP contribution in [0.25, 0.3) is 0 Å². The van der Waals surface area contributed by atoms with E-state index in [1.54, 1.807) is 18.2 Å². The van der Waals surface area contributed by atoms with Crippen molar-refractivity contribution in [2.24, 2.45) is 10.2 Å². The number of hydrogen-bond acceptors (Lipinski definition) is 5. The summed E-state index contributed by atoms with van der Waals surface area (Å²) < 4.78 is 28.2. The van der Waals surface area contributed by atoms with Crippen molar-refractivity contribution in [2.75, 3.05) is 10.8 Å². The molecule has 1 aliphatic heterocycles. The van der Waals surface area contributed by atoms with Crippen LogP contribution >= 0.6 is 15.9 Å². The number of azo groups is 1. The normalized spacial score (nSPS) is 13.7. The van der Waals surface area contributed by atoms with Gasteiger partial charge in [0.15, 0.2) is 5.75 Å². The highest BCUT2D eigenvalue weighted by Gasteiger charge is 2.30. The Morgan fingerprint density at radius 3 is 2.53 bits per heavy atom. The Balaban J connectivity index is 1.58. The van der Waals surface area contributed by atoms with Crippen LogP contribution in [0.2, 0.25) is 0 Å². The maximum Gasteiger partial charge on any atom is 0.264 e. The minimum Gasteiger partial charge on any atom is -0.505 e. The number of rotatable bonds is 5. The average molecular weight is 486 g/mol. The molecule has 0 unspecified atom stereocenters. The van der Waals surface area contributed by atoms with Gasteiger partial charge in [-0.15, -0.1) is 5.11 Å². The zero-order valence-electron chi connectivity index (χ0n) is 16.3. The first-order valence-electron chi connectivity index (χ1n) is 9.54. The van der Waals surface area contributed by atoms with Gasteiger partial charge in [0.05, 0.1) is 20.7 Å². The van der Waals surface area contributed by atoms with Gasteiger partial charge in [0.25, 0.3) is 10.0 Å². The summed E-state index contributed by atoms with van der Waals surface area (Å²) in [6, 6.07) is 17.4. The number of aryl methyl sites for hydroxylation is 1. The van der Waals surface area contributed by atoms with Crippen molar-refractivity contribution in [1.82, 2.24) is 0 Å². The lowest BCUT2D eigenvalue weighted by Crippen LogP contribution is -2.29. The predicted octanol–water partition coefficient (Wildman–Crippen LogP) is 5.88. The van der Waals surface area contributed by atoms with Gasteiger partial charge in [-0.3, -0.25) is 4.31 Å². The molecule has 1 heterocycles. The van der Waals surface area contributed by atoms with Crippen LogP contribution in [0.3, 0.4) is 0 Å². The Morgan fingerprint density at radius 1 is 1.07 bits per heavy atom. The maximum absolute atomic E-state index is 13.1. The first-order valence-corrected chi connectivity index (χ1v) is 11.8. The number of phenolic OH excluding ortho intramolecular Hbond substituents is 1. The zero-order valence-corrected chi connectivity index (χ0v) is 18.7. The van der Waals surface area contributed by atoms with E-state index in [1.807, 2.05) is 37.3 Å². The third kappa shape index (κ3) is 3.85. The van der Waals surface area contributed by atoms with Crippen LogP contribution < -0.4 is 4.31 Å². The van der Waals surface area contributed by atoms with Crippen LogP contribution in [0, 0.1) is 0 Å². The minimum absolute atomic E-state index is 0.0165. The summed E-state index contributed by atoms with van der Waals surface area (Å²) in [6.45, 7) is 2.45. The number of benzene rings is 3. The minimum atomic E-state index is -3.64. The molecule has 0 saturated carbocycles. The fraction of sp³-hybridized carbons (Fsp3) is 0.182. The lowest BCUT2D eigenvalue weighted by Gasteiger charge is -2.19. The standard InChI is InChI=1S/C22H20BrN3O3S/c1-2-15-13-19(23)22(27)20(14-15)25-24-17-7-9-18(10-8-17)30(28,29)26-12-11-16-5-3-4-6-21(16)26/h3-10,13-14,27H,2,11-12H2,1H3. The van der Waals surface area contributed by atoms with Gasteiger partial charge in [-0.25, -0.2) is 8.42 Å². The molecule has 0 bridgehead atoms. The quantitative estimate of drug-likeness (QED) is 0.457. The number of sulfonamides is 1. The van der Waals surface area contributed by atoms with Gasteiger partial charge in [0, 0.05) is 6.54 Å². The monoisotopic (exact) mass is 485 g/mol. The Kier molecular flexibility index (Phi) is 5.62. The molecule has 0 radical (unpaired) electrons. The molecule has 154 valence electrons. The van der Waals surface area contributed by atoms with Crippen LogP contribution in [0.1, 0.15) is 18.1 Å². The van der Waals surface area contributed by atoms with E-state index in [2.05, 4.69) is 26.2 Å². The lowest BCUT2D eigenvalue weighted by atomic mass is 10.1. The number of hydrogen-bond donors (Lipinski definition) is 1. The first kappa shape index (κ1) is 20.6. The molecular formula is C22H20BrN3O3S. The number of aromatic hydroxyl groups is 1. The molecule has 8 heteroatoms. The number of nitrogens with zero attached hydrogens (tertiary/aromatic N) is 3. The maximum atomic E-state index is 13.1.